The fourth-order valence-electron chi connectivity index (χ4n) is 2.84. The Bertz CT molecular complexity index is 844. The van der Waals surface area contributed by atoms with Crippen LogP contribution in [0.3, 0.4) is 0 Å². The monoisotopic (exact) mass is 394 g/mol. The number of hydrogen-bond acceptors (Lipinski definition) is 5. The number of hydrogen-bond donors (Lipinski definition) is 1. The summed E-state index contributed by atoms with van der Waals surface area (Å²) in [6.45, 7) is 1.40. The molecular weight excluding hydrogens is 372 g/mol. The number of carbonyl (C=O) groups excluding carboxylic acids is 1. The van der Waals surface area contributed by atoms with Crippen molar-refractivity contribution in [3.05, 3.63) is 52.2 Å². The first-order chi connectivity index (χ1) is 12.5. The van der Waals surface area contributed by atoms with E-state index in [1.807, 2.05) is 16.8 Å². The third-order valence-corrected chi connectivity index (χ3v) is 6.42. The lowest BCUT2D eigenvalue weighted by atomic mass is 10.2. The van der Waals surface area contributed by atoms with Crippen LogP contribution in [-0.4, -0.2) is 45.5 Å². The number of nitrogens with one attached hydrogen (secondary N) is 1. The van der Waals surface area contributed by atoms with E-state index < -0.39 is 10.0 Å². The van der Waals surface area contributed by atoms with Crippen LogP contribution < -0.4 is 4.72 Å². The van der Waals surface area contributed by atoms with Crippen molar-refractivity contribution in [3.8, 4) is 0 Å². The summed E-state index contributed by atoms with van der Waals surface area (Å²) >= 11 is 1.57. The van der Waals surface area contributed by atoms with Crippen LogP contribution in [0.1, 0.15) is 28.8 Å². The van der Waals surface area contributed by atoms with Crippen molar-refractivity contribution in [3.63, 3.8) is 0 Å². The number of rotatable bonds is 7. The number of amides is 1. The van der Waals surface area contributed by atoms with Crippen LogP contribution in [0.4, 0.5) is 0 Å². The van der Waals surface area contributed by atoms with Crippen molar-refractivity contribution in [1.29, 1.82) is 0 Å². The molecule has 1 atom stereocenters. The van der Waals surface area contributed by atoms with Gasteiger partial charge in [0.1, 0.15) is 0 Å². The molecule has 1 N–H and O–H groups in total. The Hall–Kier alpha value is -1.74. The number of ether oxygens (including phenoxy) is 1. The van der Waals surface area contributed by atoms with E-state index in [4.69, 9.17) is 4.74 Å². The molecule has 0 aliphatic carbocycles. The van der Waals surface area contributed by atoms with Crippen LogP contribution in [0.2, 0.25) is 0 Å². The molecule has 1 saturated heterocycles. The summed E-state index contributed by atoms with van der Waals surface area (Å²) in [5.41, 5.74) is 1.40. The molecule has 3 rings (SSSR count). The molecule has 2 aromatic rings. The van der Waals surface area contributed by atoms with E-state index in [9.17, 15) is 13.2 Å². The number of nitrogens with zero attached hydrogens (tertiary/aromatic N) is 1. The van der Waals surface area contributed by atoms with E-state index >= 15 is 0 Å². The van der Waals surface area contributed by atoms with Crippen LogP contribution in [0, 0.1) is 0 Å². The van der Waals surface area contributed by atoms with Gasteiger partial charge in [0.15, 0.2) is 0 Å². The lowest BCUT2D eigenvalue weighted by Crippen LogP contribution is -2.32. The summed E-state index contributed by atoms with van der Waals surface area (Å²) in [5.74, 6) is -0.215. The Kier molecular flexibility index (Phi) is 6.08. The van der Waals surface area contributed by atoms with E-state index in [-0.39, 0.29) is 23.5 Å². The van der Waals surface area contributed by atoms with Gasteiger partial charge in [0.05, 0.1) is 11.0 Å². The van der Waals surface area contributed by atoms with Gasteiger partial charge in [0.2, 0.25) is 10.0 Å². The zero-order valence-corrected chi connectivity index (χ0v) is 16.2. The summed E-state index contributed by atoms with van der Waals surface area (Å²) in [5, 5.41) is 3.94. The van der Waals surface area contributed by atoms with Crippen molar-refractivity contribution in [2.45, 2.75) is 30.4 Å². The molecule has 1 aliphatic heterocycles. The van der Waals surface area contributed by atoms with Gasteiger partial charge in [-0.3, -0.25) is 4.79 Å². The molecule has 1 aliphatic rings. The van der Waals surface area contributed by atoms with E-state index in [0.717, 1.165) is 18.4 Å². The Labute approximate surface area is 157 Å². The Morgan fingerprint density at radius 2 is 2.23 bits per heavy atom. The largest absolute Gasteiger partial charge is 0.377 e. The maximum absolute atomic E-state index is 12.6. The average molecular weight is 395 g/mol. The van der Waals surface area contributed by atoms with Crippen molar-refractivity contribution in [2.24, 2.45) is 0 Å². The molecular formula is C18H22N2O4S2. The molecule has 0 saturated carbocycles. The standard InChI is InChI=1S/C18H22N2O4S2/c1-20(12-14-7-9-25-13-14)18(21)15-4-2-6-17(10-15)26(22,23)19-11-16-5-3-8-24-16/h2,4,6-7,9-10,13,16,19H,3,5,8,11-12H2,1H3/t16-/m0/s1. The van der Waals surface area contributed by atoms with Crippen molar-refractivity contribution in [2.75, 3.05) is 20.2 Å². The topological polar surface area (TPSA) is 75.7 Å². The molecule has 1 aromatic carbocycles. The van der Waals surface area contributed by atoms with Crippen molar-refractivity contribution < 1.29 is 17.9 Å². The van der Waals surface area contributed by atoms with Gasteiger partial charge in [-0.05, 0) is 53.4 Å². The normalized spacial score (nSPS) is 17.3. The molecule has 0 radical (unpaired) electrons. The zero-order valence-electron chi connectivity index (χ0n) is 14.6. The van der Waals surface area contributed by atoms with E-state index in [1.54, 1.807) is 35.4 Å². The first-order valence-corrected chi connectivity index (χ1v) is 10.9. The zero-order chi connectivity index (χ0) is 18.6. The second-order valence-corrected chi connectivity index (χ2v) is 8.85. The number of carbonyl (C=O) groups is 1. The fourth-order valence-corrected chi connectivity index (χ4v) is 4.61. The van der Waals surface area contributed by atoms with Gasteiger partial charge >= 0.3 is 0 Å². The Morgan fingerprint density at radius 3 is 2.92 bits per heavy atom. The Morgan fingerprint density at radius 1 is 1.38 bits per heavy atom. The van der Waals surface area contributed by atoms with Gasteiger partial charge in [-0.1, -0.05) is 6.07 Å². The van der Waals surface area contributed by atoms with Gasteiger partial charge in [-0.25, -0.2) is 13.1 Å². The second-order valence-electron chi connectivity index (χ2n) is 6.31. The van der Waals surface area contributed by atoms with Crippen LogP contribution in [-0.2, 0) is 21.3 Å². The van der Waals surface area contributed by atoms with Crippen LogP contribution >= 0.6 is 11.3 Å². The summed E-state index contributed by atoms with van der Waals surface area (Å²) in [6, 6.07) is 8.10. The summed E-state index contributed by atoms with van der Waals surface area (Å²) in [6.07, 6.45) is 1.73. The Balaban J connectivity index is 1.69. The maximum atomic E-state index is 12.6. The van der Waals surface area contributed by atoms with Gasteiger partial charge in [-0.2, -0.15) is 11.3 Å². The van der Waals surface area contributed by atoms with Gasteiger partial charge in [0.25, 0.3) is 5.91 Å². The molecule has 0 bridgehead atoms. The average Bonchev–Trinajstić information content (AvgIpc) is 3.33. The van der Waals surface area contributed by atoms with Gasteiger partial charge < -0.3 is 9.64 Å². The van der Waals surface area contributed by atoms with E-state index in [2.05, 4.69) is 4.72 Å². The molecule has 0 unspecified atom stereocenters. The van der Waals surface area contributed by atoms with E-state index in [0.29, 0.717) is 18.7 Å². The minimum absolute atomic E-state index is 0.0775. The lowest BCUT2D eigenvalue weighted by molar-refractivity contribution is 0.0785. The molecule has 8 heteroatoms. The molecule has 1 aromatic heterocycles. The highest BCUT2D eigenvalue weighted by Crippen LogP contribution is 2.16. The first kappa shape index (κ1) is 19.0. The highest BCUT2D eigenvalue weighted by Gasteiger charge is 2.21. The molecule has 26 heavy (non-hydrogen) atoms. The summed E-state index contributed by atoms with van der Waals surface area (Å²) in [4.78, 5) is 14.3. The maximum Gasteiger partial charge on any atom is 0.253 e. The van der Waals surface area contributed by atoms with E-state index in [1.165, 1.54) is 12.1 Å². The number of benzene rings is 1. The molecule has 1 amide bonds. The lowest BCUT2D eigenvalue weighted by Gasteiger charge is -2.17. The van der Waals surface area contributed by atoms with Crippen LogP contribution in [0.5, 0.6) is 0 Å². The first-order valence-electron chi connectivity index (χ1n) is 8.43. The van der Waals surface area contributed by atoms with Crippen LogP contribution in [0.15, 0.2) is 46.0 Å². The quantitative estimate of drug-likeness (QED) is 0.783. The number of sulfonamides is 1. The second kappa shape index (κ2) is 8.30. The number of thiophene rings is 1. The predicted molar refractivity (Wildman–Crippen MR) is 101 cm³/mol. The molecule has 0 spiro atoms. The van der Waals surface area contributed by atoms with Gasteiger partial charge in [-0.15, -0.1) is 0 Å². The minimum Gasteiger partial charge on any atom is -0.377 e. The smallest absolute Gasteiger partial charge is 0.253 e. The SMILES string of the molecule is CN(Cc1ccsc1)C(=O)c1cccc(S(=O)(=O)NC[C@@H]2CCCO2)c1. The third kappa shape index (κ3) is 4.70. The van der Waals surface area contributed by atoms with Crippen molar-refractivity contribution >= 4 is 27.3 Å². The molecule has 1 fully saturated rings. The predicted octanol–water partition coefficient (Wildman–Crippen LogP) is 2.48. The highest BCUT2D eigenvalue weighted by molar-refractivity contribution is 7.89. The van der Waals surface area contributed by atoms with Crippen molar-refractivity contribution in [1.82, 2.24) is 9.62 Å². The highest BCUT2D eigenvalue weighted by atomic mass is 32.2. The molecule has 2 heterocycles. The third-order valence-electron chi connectivity index (χ3n) is 4.26. The molecule has 140 valence electrons. The molecule has 6 nitrogen and oxygen atoms in total. The summed E-state index contributed by atoms with van der Waals surface area (Å²) in [7, 11) is -1.97. The van der Waals surface area contributed by atoms with Gasteiger partial charge in [0, 0.05) is 32.3 Å². The summed E-state index contributed by atoms with van der Waals surface area (Å²) < 4.78 is 33.0. The fraction of sp³-hybridized carbons (Fsp3) is 0.389. The minimum atomic E-state index is -3.68. The van der Waals surface area contributed by atoms with Crippen LogP contribution in [0.25, 0.3) is 0 Å².